The maximum Gasteiger partial charge on any atom is 0.243 e. The average Bonchev–Trinajstić information content (AvgIpc) is 2.89. The minimum Gasteiger partial charge on any atom is -0.508 e. The van der Waals surface area contributed by atoms with Crippen LogP contribution in [0.5, 0.6) is 5.75 Å². The third-order valence-corrected chi connectivity index (χ3v) is 9.46. The molecule has 2 N–H and O–H groups in total. The van der Waals surface area contributed by atoms with Gasteiger partial charge >= 0.3 is 0 Å². The van der Waals surface area contributed by atoms with Crippen molar-refractivity contribution in [3.05, 3.63) is 94.6 Å². The van der Waals surface area contributed by atoms with E-state index in [-0.39, 0.29) is 39.3 Å². The van der Waals surface area contributed by atoms with E-state index in [9.17, 15) is 31.4 Å². The standard InChI is InChI=1S/C26H29FN4O6S2/c1-18(2)16-31(17-26(33)25(29-30-28)14-19-6-10-21(32)11-7-19)39(36,37)24-5-3-4-23(15-24)38(34,35)22-12-8-20(27)9-13-22/h3-13,15,18,25-26,32-33H,14,16-17H2,1-2H3/t25-,26?/m0/s1. The summed E-state index contributed by atoms with van der Waals surface area (Å²) >= 11 is 0. The normalized spacial score (nSPS) is 13.7. The van der Waals surface area contributed by atoms with Crippen molar-refractivity contribution in [2.24, 2.45) is 11.0 Å². The lowest BCUT2D eigenvalue weighted by Gasteiger charge is -2.28. The number of azide groups is 1. The summed E-state index contributed by atoms with van der Waals surface area (Å²) in [6, 6.07) is 14.0. The molecule has 0 bridgehead atoms. The monoisotopic (exact) mass is 576 g/mol. The lowest BCUT2D eigenvalue weighted by atomic mass is 10.0. The number of hydrogen-bond donors (Lipinski definition) is 2. The molecule has 0 saturated heterocycles. The van der Waals surface area contributed by atoms with Crippen molar-refractivity contribution in [3.63, 3.8) is 0 Å². The van der Waals surface area contributed by atoms with Crippen LogP contribution in [0.1, 0.15) is 19.4 Å². The van der Waals surface area contributed by atoms with Gasteiger partial charge in [-0.25, -0.2) is 21.2 Å². The van der Waals surface area contributed by atoms with Gasteiger partial charge in [-0.2, -0.15) is 4.31 Å². The number of aromatic hydroxyl groups is 1. The van der Waals surface area contributed by atoms with Crippen molar-refractivity contribution in [2.45, 2.75) is 47.1 Å². The molecule has 208 valence electrons. The van der Waals surface area contributed by atoms with E-state index in [4.69, 9.17) is 5.53 Å². The summed E-state index contributed by atoms with van der Waals surface area (Å²) in [6.45, 7) is 3.14. The van der Waals surface area contributed by atoms with E-state index < -0.39 is 44.4 Å². The molecule has 0 saturated carbocycles. The molecule has 3 aromatic carbocycles. The van der Waals surface area contributed by atoms with Crippen molar-refractivity contribution in [3.8, 4) is 5.75 Å². The first-order valence-corrected chi connectivity index (χ1v) is 14.9. The van der Waals surface area contributed by atoms with E-state index in [1.54, 1.807) is 26.0 Å². The fraction of sp³-hybridized carbons (Fsp3) is 0.308. The van der Waals surface area contributed by atoms with Gasteiger partial charge in [0, 0.05) is 18.0 Å². The highest BCUT2D eigenvalue weighted by Gasteiger charge is 2.31. The third-order valence-electron chi connectivity index (χ3n) is 5.86. The van der Waals surface area contributed by atoms with Gasteiger partial charge in [0.25, 0.3) is 0 Å². The quantitative estimate of drug-likeness (QED) is 0.141. The second-order valence-electron chi connectivity index (χ2n) is 9.36. The molecule has 3 rings (SSSR count). The summed E-state index contributed by atoms with van der Waals surface area (Å²) < 4.78 is 67.8. The number of sulfone groups is 1. The summed E-state index contributed by atoms with van der Waals surface area (Å²) in [5.41, 5.74) is 9.69. The summed E-state index contributed by atoms with van der Waals surface area (Å²) in [6.07, 6.45) is -1.30. The zero-order valence-electron chi connectivity index (χ0n) is 21.3. The maximum atomic E-state index is 13.7. The number of phenolic OH excluding ortho intramolecular Hbond substituents is 1. The zero-order valence-corrected chi connectivity index (χ0v) is 22.9. The maximum absolute atomic E-state index is 13.7. The number of aliphatic hydroxyl groups excluding tert-OH is 1. The largest absolute Gasteiger partial charge is 0.508 e. The van der Waals surface area contributed by atoms with Crippen LogP contribution in [0.15, 0.2) is 92.6 Å². The van der Waals surface area contributed by atoms with E-state index in [1.807, 2.05) is 0 Å². The van der Waals surface area contributed by atoms with Gasteiger partial charge in [0.15, 0.2) is 0 Å². The van der Waals surface area contributed by atoms with E-state index in [2.05, 4.69) is 10.0 Å². The number of benzene rings is 3. The second kappa shape index (κ2) is 12.6. The molecule has 0 spiro atoms. The van der Waals surface area contributed by atoms with Crippen LogP contribution in [-0.4, -0.2) is 56.6 Å². The smallest absolute Gasteiger partial charge is 0.243 e. The van der Waals surface area contributed by atoms with Crippen molar-refractivity contribution in [1.82, 2.24) is 4.31 Å². The predicted molar refractivity (Wildman–Crippen MR) is 143 cm³/mol. The summed E-state index contributed by atoms with van der Waals surface area (Å²) in [4.78, 5) is 1.99. The van der Waals surface area contributed by atoms with Crippen molar-refractivity contribution < 1.29 is 31.4 Å². The van der Waals surface area contributed by atoms with Gasteiger partial charge in [-0.05, 0) is 78.0 Å². The Labute approximate surface area is 226 Å². The first kappa shape index (κ1) is 30.1. The number of rotatable bonds is 12. The molecule has 2 atom stereocenters. The van der Waals surface area contributed by atoms with Crippen LogP contribution in [-0.2, 0) is 26.3 Å². The summed E-state index contributed by atoms with van der Waals surface area (Å²) in [7, 11) is -8.45. The van der Waals surface area contributed by atoms with E-state index in [0.717, 1.165) is 34.6 Å². The summed E-state index contributed by atoms with van der Waals surface area (Å²) in [5, 5.41) is 24.1. The Hall–Kier alpha value is -3.48. The first-order valence-electron chi connectivity index (χ1n) is 12.0. The van der Waals surface area contributed by atoms with Crippen molar-refractivity contribution in [2.75, 3.05) is 13.1 Å². The van der Waals surface area contributed by atoms with Crippen LogP contribution >= 0.6 is 0 Å². The van der Waals surface area contributed by atoms with Gasteiger partial charge in [0.2, 0.25) is 19.9 Å². The third kappa shape index (κ3) is 7.55. The number of hydrogen-bond acceptors (Lipinski definition) is 7. The van der Waals surface area contributed by atoms with Gasteiger partial charge in [-0.15, -0.1) is 0 Å². The molecule has 1 unspecified atom stereocenters. The Balaban J connectivity index is 1.93. The zero-order chi connectivity index (χ0) is 28.8. The van der Waals surface area contributed by atoms with Gasteiger partial charge < -0.3 is 10.2 Å². The van der Waals surface area contributed by atoms with E-state index in [1.165, 1.54) is 30.3 Å². The molecule has 0 aliphatic carbocycles. The Kier molecular flexibility index (Phi) is 9.70. The highest BCUT2D eigenvalue weighted by molar-refractivity contribution is 7.91. The highest BCUT2D eigenvalue weighted by atomic mass is 32.2. The Bertz CT molecular complexity index is 1540. The molecule has 39 heavy (non-hydrogen) atoms. The SMILES string of the molecule is CC(C)CN(CC(O)[C@H](Cc1ccc(O)cc1)N=[N+]=[N-])S(=O)(=O)c1cccc(S(=O)(=O)c2ccc(F)cc2)c1. The minimum atomic E-state index is -4.31. The second-order valence-corrected chi connectivity index (χ2v) is 13.2. The number of halogens is 1. The molecule has 0 amide bonds. The van der Waals surface area contributed by atoms with Gasteiger partial charge in [-0.1, -0.05) is 37.2 Å². The lowest BCUT2D eigenvalue weighted by molar-refractivity contribution is 0.116. The molecule has 0 aliphatic rings. The number of sulfonamides is 1. The van der Waals surface area contributed by atoms with Crippen LogP contribution in [0.25, 0.3) is 10.4 Å². The molecule has 13 heteroatoms. The lowest BCUT2D eigenvalue weighted by Crippen LogP contribution is -2.43. The molecular formula is C26H29FN4O6S2. The fourth-order valence-electron chi connectivity index (χ4n) is 3.90. The molecule has 0 aromatic heterocycles. The van der Waals surface area contributed by atoms with Gasteiger partial charge in [0.05, 0.1) is 26.8 Å². The topological polar surface area (TPSA) is 161 Å². The van der Waals surface area contributed by atoms with Crippen LogP contribution in [0.3, 0.4) is 0 Å². The Morgan fingerprint density at radius 3 is 2.13 bits per heavy atom. The molecule has 3 aromatic rings. The van der Waals surface area contributed by atoms with Crippen molar-refractivity contribution >= 4 is 19.9 Å². The van der Waals surface area contributed by atoms with Gasteiger partial charge in [0.1, 0.15) is 11.6 Å². The van der Waals surface area contributed by atoms with Crippen LogP contribution in [0, 0.1) is 11.7 Å². The number of nitrogens with zero attached hydrogens (tertiary/aromatic N) is 4. The Morgan fingerprint density at radius 2 is 1.54 bits per heavy atom. The van der Waals surface area contributed by atoms with Crippen LogP contribution < -0.4 is 0 Å². The minimum absolute atomic E-state index is 0.00344. The van der Waals surface area contributed by atoms with Crippen molar-refractivity contribution in [1.29, 1.82) is 0 Å². The van der Waals surface area contributed by atoms with Crippen LogP contribution in [0.4, 0.5) is 4.39 Å². The molecule has 0 fully saturated rings. The summed E-state index contributed by atoms with van der Waals surface area (Å²) in [5.74, 6) is -0.733. The number of aliphatic hydroxyl groups is 1. The van der Waals surface area contributed by atoms with E-state index in [0.29, 0.717) is 5.56 Å². The molecule has 0 heterocycles. The predicted octanol–water partition coefficient (Wildman–Crippen LogP) is 4.29. The van der Waals surface area contributed by atoms with E-state index >= 15 is 0 Å². The Morgan fingerprint density at radius 1 is 0.923 bits per heavy atom. The van der Waals surface area contributed by atoms with Crippen LogP contribution in [0.2, 0.25) is 0 Å². The first-order chi connectivity index (χ1) is 18.3. The molecular weight excluding hydrogens is 547 g/mol. The fourth-order valence-corrected chi connectivity index (χ4v) is 6.95. The average molecular weight is 577 g/mol. The van der Waals surface area contributed by atoms with Gasteiger partial charge in [-0.3, -0.25) is 0 Å². The molecule has 0 aliphatic heterocycles. The highest BCUT2D eigenvalue weighted by Crippen LogP contribution is 2.26. The number of phenols is 1. The molecule has 10 nitrogen and oxygen atoms in total. The molecule has 0 radical (unpaired) electrons.